The van der Waals surface area contributed by atoms with Gasteiger partial charge in [-0.1, -0.05) is 25.0 Å². The highest BCUT2D eigenvalue weighted by atomic mass is 19.1. The molecule has 2 aliphatic rings. The summed E-state index contributed by atoms with van der Waals surface area (Å²) in [6.07, 6.45) is 6.24. The Hall–Kier alpha value is -1.38. The summed E-state index contributed by atoms with van der Waals surface area (Å²) >= 11 is 0. The molecule has 3 heteroatoms. The van der Waals surface area contributed by atoms with E-state index in [1.807, 2.05) is 4.90 Å². The maximum absolute atomic E-state index is 13.1. The van der Waals surface area contributed by atoms with Crippen LogP contribution in [-0.2, 0) is 10.2 Å². The molecule has 0 aromatic heterocycles. The van der Waals surface area contributed by atoms with Crippen LogP contribution in [0.4, 0.5) is 4.39 Å². The van der Waals surface area contributed by atoms with Crippen LogP contribution in [0.1, 0.15) is 44.1 Å². The summed E-state index contributed by atoms with van der Waals surface area (Å²) < 4.78 is 13.1. The lowest BCUT2D eigenvalue weighted by Crippen LogP contribution is -2.44. The SMILES string of the molecule is O=C(N1CCCC1)C1(c2ccc(F)cc2)CCCC1. The molecule has 0 spiro atoms. The van der Waals surface area contributed by atoms with Crippen LogP contribution >= 0.6 is 0 Å². The van der Waals surface area contributed by atoms with E-state index in [1.165, 1.54) is 12.1 Å². The molecule has 1 saturated heterocycles. The minimum atomic E-state index is -0.377. The highest BCUT2D eigenvalue weighted by molar-refractivity contribution is 5.88. The van der Waals surface area contributed by atoms with E-state index in [-0.39, 0.29) is 17.1 Å². The molecule has 3 rings (SSSR count). The van der Waals surface area contributed by atoms with Crippen molar-refractivity contribution in [3.63, 3.8) is 0 Å². The fourth-order valence-electron chi connectivity index (χ4n) is 3.60. The van der Waals surface area contributed by atoms with Crippen LogP contribution in [0.25, 0.3) is 0 Å². The summed E-state index contributed by atoms with van der Waals surface area (Å²) in [5.74, 6) is 0.0413. The third kappa shape index (κ3) is 2.15. The van der Waals surface area contributed by atoms with Gasteiger partial charge in [0.05, 0.1) is 5.41 Å². The fourth-order valence-corrected chi connectivity index (χ4v) is 3.60. The first kappa shape index (κ1) is 12.6. The second-order valence-electron chi connectivity index (χ2n) is 5.80. The van der Waals surface area contributed by atoms with Crippen molar-refractivity contribution in [2.45, 2.75) is 43.9 Å². The predicted molar refractivity (Wildman–Crippen MR) is 72.4 cm³/mol. The average molecular weight is 261 g/mol. The Kier molecular flexibility index (Phi) is 3.29. The third-order valence-electron chi connectivity index (χ3n) is 4.66. The number of carbonyl (C=O) groups excluding carboxylic acids is 1. The number of benzene rings is 1. The zero-order chi connectivity index (χ0) is 13.3. The summed E-state index contributed by atoms with van der Waals surface area (Å²) in [4.78, 5) is 14.9. The van der Waals surface area contributed by atoms with Gasteiger partial charge in [0, 0.05) is 13.1 Å². The Morgan fingerprint density at radius 2 is 1.58 bits per heavy atom. The van der Waals surface area contributed by atoms with E-state index in [4.69, 9.17) is 0 Å². The molecule has 0 N–H and O–H groups in total. The molecular weight excluding hydrogens is 241 g/mol. The maximum atomic E-state index is 13.1. The van der Waals surface area contributed by atoms with Gasteiger partial charge in [-0.25, -0.2) is 4.39 Å². The number of rotatable bonds is 2. The first-order valence-electron chi connectivity index (χ1n) is 7.28. The Bertz CT molecular complexity index is 456. The molecule has 0 bridgehead atoms. The summed E-state index contributed by atoms with van der Waals surface area (Å²) in [5.41, 5.74) is 0.626. The highest BCUT2D eigenvalue weighted by Crippen LogP contribution is 2.43. The number of hydrogen-bond acceptors (Lipinski definition) is 1. The summed E-state index contributed by atoms with van der Waals surface area (Å²) in [6, 6.07) is 6.56. The Balaban J connectivity index is 1.94. The van der Waals surface area contributed by atoms with E-state index < -0.39 is 0 Å². The van der Waals surface area contributed by atoms with Gasteiger partial charge in [-0.15, -0.1) is 0 Å². The van der Waals surface area contributed by atoms with Crippen LogP contribution in [-0.4, -0.2) is 23.9 Å². The standard InChI is InChI=1S/C16H20FNO/c17-14-7-5-13(6-8-14)16(9-1-2-10-16)15(19)18-11-3-4-12-18/h5-8H,1-4,9-12H2. The topological polar surface area (TPSA) is 20.3 Å². The Morgan fingerprint density at radius 1 is 1.00 bits per heavy atom. The molecule has 1 saturated carbocycles. The number of nitrogens with zero attached hydrogens (tertiary/aromatic N) is 1. The molecule has 1 amide bonds. The van der Waals surface area contributed by atoms with Gasteiger partial charge in [0.2, 0.25) is 5.91 Å². The zero-order valence-corrected chi connectivity index (χ0v) is 11.2. The first-order chi connectivity index (χ1) is 9.22. The van der Waals surface area contributed by atoms with Crippen molar-refractivity contribution in [3.8, 4) is 0 Å². The van der Waals surface area contributed by atoms with Gasteiger partial charge in [-0.2, -0.15) is 0 Å². The van der Waals surface area contributed by atoms with Crippen molar-refractivity contribution in [1.82, 2.24) is 4.90 Å². The number of amides is 1. The monoisotopic (exact) mass is 261 g/mol. The normalized spacial score (nSPS) is 21.8. The van der Waals surface area contributed by atoms with E-state index in [0.717, 1.165) is 57.2 Å². The van der Waals surface area contributed by atoms with Crippen LogP contribution < -0.4 is 0 Å². The van der Waals surface area contributed by atoms with E-state index >= 15 is 0 Å². The molecule has 1 aromatic carbocycles. The second kappa shape index (κ2) is 4.95. The Morgan fingerprint density at radius 3 is 2.16 bits per heavy atom. The van der Waals surface area contributed by atoms with Gasteiger partial charge >= 0.3 is 0 Å². The number of hydrogen-bond donors (Lipinski definition) is 0. The molecule has 0 unspecified atom stereocenters. The second-order valence-corrected chi connectivity index (χ2v) is 5.80. The molecular formula is C16H20FNO. The van der Waals surface area contributed by atoms with Crippen molar-refractivity contribution < 1.29 is 9.18 Å². The van der Waals surface area contributed by atoms with E-state index in [2.05, 4.69) is 0 Å². The molecule has 19 heavy (non-hydrogen) atoms. The fraction of sp³-hybridized carbons (Fsp3) is 0.562. The molecule has 102 valence electrons. The average Bonchev–Trinajstić information content (AvgIpc) is 3.11. The quantitative estimate of drug-likeness (QED) is 0.800. The molecule has 1 aromatic rings. The van der Waals surface area contributed by atoms with Gasteiger partial charge in [0.25, 0.3) is 0 Å². The van der Waals surface area contributed by atoms with Gasteiger partial charge in [-0.3, -0.25) is 4.79 Å². The van der Waals surface area contributed by atoms with Crippen molar-refractivity contribution in [2.24, 2.45) is 0 Å². The number of carbonyl (C=O) groups is 1. The van der Waals surface area contributed by atoms with Crippen molar-refractivity contribution in [2.75, 3.05) is 13.1 Å². The number of likely N-dealkylation sites (tertiary alicyclic amines) is 1. The van der Waals surface area contributed by atoms with Gasteiger partial charge < -0.3 is 4.90 Å². The summed E-state index contributed by atoms with van der Waals surface area (Å²) in [5, 5.41) is 0. The molecule has 1 aliphatic heterocycles. The van der Waals surface area contributed by atoms with Crippen LogP contribution in [0, 0.1) is 5.82 Å². The molecule has 1 aliphatic carbocycles. The summed E-state index contributed by atoms with van der Waals surface area (Å²) in [6.45, 7) is 1.78. The van der Waals surface area contributed by atoms with Gasteiger partial charge in [0.1, 0.15) is 5.82 Å². The largest absolute Gasteiger partial charge is 0.342 e. The molecule has 2 fully saturated rings. The van der Waals surface area contributed by atoms with Crippen LogP contribution in [0.2, 0.25) is 0 Å². The van der Waals surface area contributed by atoms with Gasteiger partial charge in [0.15, 0.2) is 0 Å². The van der Waals surface area contributed by atoms with Gasteiger partial charge in [-0.05, 0) is 43.4 Å². The maximum Gasteiger partial charge on any atom is 0.233 e. The van der Waals surface area contributed by atoms with E-state index in [0.29, 0.717) is 0 Å². The molecule has 0 atom stereocenters. The van der Waals surface area contributed by atoms with Crippen LogP contribution in [0.15, 0.2) is 24.3 Å². The highest BCUT2D eigenvalue weighted by Gasteiger charge is 2.45. The van der Waals surface area contributed by atoms with Crippen LogP contribution in [0.5, 0.6) is 0 Å². The molecule has 0 radical (unpaired) electrons. The lowest BCUT2D eigenvalue weighted by Gasteiger charge is -2.32. The molecule has 2 nitrogen and oxygen atoms in total. The Labute approximate surface area is 113 Å². The predicted octanol–water partition coefficient (Wildman–Crippen LogP) is 3.26. The van der Waals surface area contributed by atoms with E-state index in [9.17, 15) is 9.18 Å². The number of halogens is 1. The lowest BCUT2D eigenvalue weighted by molar-refractivity contribution is -0.136. The lowest BCUT2D eigenvalue weighted by atomic mass is 9.77. The minimum Gasteiger partial charge on any atom is -0.342 e. The zero-order valence-electron chi connectivity index (χ0n) is 11.2. The van der Waals surface area contributed by atoms with Crippen molar-refractivity contribution >= 4 is 5.91 Å². The summed E-state index contributed by atoms with van der Waals surface area (Å²) in [7, 11) is 0. The van der Waals surface area contributed by atoms with Crippen LogP contribution in [0.3, 0.4) is 0 Å². The van der Waals surface area contributed by atoms with E-state index in [1.54, 1.807) is 12.1 Å². The third-order valence-corrected chi connectivity index (χ3v) is 4.66. The minimum absolute atomic E-state index is 0.231. The smallest absolute Gasteiger partial charge is 0.233 e. The van der Waals surface area contributed by atoms with Crippen molar-refractivity contribution in [3.05, 3.63) is 35.6 Å². The molecule has 1 heterocycles. The first-order valence-corrected chi connectivity index (χ1v) is 7.28. The van der Waals surface area contributed by atoms with Crippen molar-refractivity contribution in [1.29, 1.82) is 0 Å².